The Kier molecular flexibility index (Phi) is 3.69. The highest BCUT2D eigenvalue weighted by atomic mass is 16.1. The van der Waals surface area contributed by atoms with Gasteiger partial charge in [-0.05, 0) is 33.4 Å². The Morgan fingerprint density at radius 2 is 2.42 bits per heavy atom. The summed E-state index contributed by atoms with van der Waals surface area (Å²) < 4.78 is 0. The Hall–Kier alpha value is -0.410. The number of rotatable bonds is 2. The average molecular weight is 170 g/mol. The molecule has 70 valence electrons. The number of nitrogens with zero attached hydrogens (tertiary/aromatic N) is 1. The lowest BCUT2D eigenvalue weighted by atomic mass is 10.3. The molecule has 0 aromatic rings. The molecule has 1 unspecified atom stereocenters. The molecule has 1 heterocycles. The highest BCUT2D eigenvalue weighted by Crippen LogP contribution is 1.99. The van der Waals surface area contributed by atoms with Gasteiger partial charge in [0.2, 0.25) is 0 Å². The molecule has 1 N–H and O–H groups in total. The predicted octanol–water partition coefficient (Wildman–Crippen LogP) is 0.259. The average Bonchev–Trinajstić information content (AvgIpc) is 2.12. The molecule has 12 heavy (non-hydrogen) atoms. The number of carbonyl (C=O) groups excluding carboxylic acids is 1. The summed E-state index contributed by atoms with van der Waals surface area (Å²) >= 11 is 0. The summed E-state index contributed by atoms with van der Waals surface area (Å²) in [4.78, 5) is 13.1. The van der Waals surface area contributed by atoms with Gasteiger partial charge in [0.15, 0.2) is 0 Å². The molecule has 0 aromatic heterocycles. The second-order valence-corrected chi connectivity index (χ2v) is 3.65. The van der Waals surface area contributed by atoms with Crippen molar-refractivity contribution in [3.05, 3.63) is 0 Å². The lowest BCUT2D eigenvalue weighted by Crippen LogP contribution is -2.37. The van der Waals surface area contributed by atoms with E-state index in [1.165, 1.54) is 0 Å². The van der Waals surface area contributed by atoms with Crippen LogP contribution in [-0.2, 0) is 4.79 Å². The van der Waals surface area contributed by atoms with Crippen LogP contribution in [0.5, 0.6) is 0 Å². The van der Waals surface area contributed by atoms with Crippen LogP contribution in [0.25, 0.3) is 0 Å². The molecule has 1 saturated heterocycles. The normalized spacial score (nSPS) is 26.7. The van der Waals surface area contributed by atoms with Gasteiger partial charge in [-0.25, -0.2) is 0 Å². The summed E-state index contributed by atoms with van der Waals surface area (Å²) in [6, 6.07) is 0.520. The molecule has 1 atom stereocenters. The van der Waals surface area contributed by atoms with Crippen LogP contribution in [0, 0.1) is 0 Å². The van der Waals surface area contributed by atoms with Gasteiger partial charge >= 0.3 is 0 Å². The fourth-order valence-corrected chi connectivity index (χ4v) is 1.65. The summed E-state index contributed by atoms with van der Waals surface area (Å²) in [6.45, 7) is 7.57. The Morgan fingerprint density at radius 1 is 1.67 bits per heavy atom. The minimum Gasteiger partial charge on any atom is -0.313 e. The summed E-state index contributed by atoms with van der Waals surface area (Å²) in [6.07, 6.45) is 1.15. The van der Waals surface area contributed by atoms with Crippen LogP contribution in [0.1, 0.15) is 20.3 Å². The van der Waals surface area contributed by atoms with Crippen LogP contribution in [-0.4, -0.2) is 42.9 Å². The Balaban J connectivity index is 2.35. The zero-order valence-electron chi connectivity index (χ0n) is 7.97. The summed E-state index contributed by atoms with van der Waals surface area (Å²) in [5, 5.41) is 3.39. The van der Waals surface area contributed by atoms with Crippen molar-refractivity contribution in [1.82, 2.24) is 10.2 Å². The molecule has 1 aliphatic rings. The van der Waals surface area contributed by atoms with E-state index >= 15 is 0 Å². The lowest BCUT2D eigenvalue weighted by molar-refractivity contribution is -0.118. The monoisotopic (exact) mass is 170 g/mol. The second kappa shape index (κ2) is 4.58. The summed E-state index contributed by atoms with van der Waals surface area (Å²) in [5.74, 6) is 0.268. The molecule has 0 radical (unpaired) electrons. The van der Waals surface area contributed by atoms with Gasteiger partial charge in [0, 0.05) is 12.6 Å². The standard InChI is InChI=1S/C9H18N2O/c1-8-6-11(7-9(2)12)5-3-4-10-8/h8,10H,3-7H2,1-2H3. The first-order valence-corrected chi connectivity index (χ1v) is 4.63. The van der Waals surface area contributed by atoms with E-state index in [1.54, 1.807) is 6.92 Å². The van der Waals surface area contributed by atoms with Crippen LogP contribution in [0.2, 0.25) is 0 Å². The maximum Gasteiger partial charge on any atom is 0.143 e. The quantitative estimate of drug-likeness (QED) is 0.645. The van der Waals surface area contributed by atoms with Gasteiger partial charge in [-0.3, -0.25) is 9.69 Å². The highest BCUT2D eigenvalue weighted by molar-refractivity contribution is 5.77. The van der Waals surface area contributed by atoms with Crippen LogP contribution in [0.4, 0.5) is 0 Å². The lowest BCUT2D eigenvalue weighted by Gasteiger charge is -2.20. The van der Waals surface area contributed by atoms with Crippen LogP contribution in [0.15, 0.2) is 0 Å². The van der Waals surface area contributed by atoms with Crippen LogP contribution in [0.3, 0.4) is 0 Å². The number of hydrogen-bond acceptors (Lipinski definition) is 3. The number of Topliss-reactive ketones (excluding diaryl/α,β-unsaturated/α-hetero) is 1. The predicted molar refractivity (Wildman–Crippen MR) is 49.2 cm³/mol. The van der Waals surface area contributed by atoms with Crippen molar-refractivity contribution in [3.8, 4) is 0 Å². The first-order chi connectivity index (χ1) is 5.68. The second-order valence-electron chi connectivity index (χ2n) is 3.65. The van der Waals surface area contributed by atoms with Crippen molar-refractivity contribution in [3.63, 3.8) is 0 Å². The molecule has 0 saturated carbocycles. The SMILES string of the molecule is CC(=O)CN1CCCNC(C)C1. The Morgan fingerprint density at radius 3 is 3.08 bits per heavy atom. The molecular weight excluding hydrogens is 152 g/mol. The minimum atomic E-state index is 0.268. The zero-order chi connectivity index (χ0) is 8.97. The maximum absolute atomic E-state index is 10.9. The molecule has 3 heteroatoms. The third-order valence-electron chi connectivity index (χ3n) is 2.12. The molecular formula is C9H18N2O. The van der Waals surface area contributed by atoms with E-state index in [4.69, 9.17) is 0 Å². The maximum atomic E-state index is 10.9. The van der Waals surface area contributed by atoms with E-state index in [0.717, 1.165) is 26.1 Å². The van der Waals surface area contributed by atoms with Gasteiger partial charge in [-0.15, -0.1) is 0 Å². The van der Waals surface area contributed by atoms with E-state index in [1.807, 2.05) is 0 Å². The Labute approximate surface area is 74.1 Å². The number of nitrogens with one attached hydrogen (secondary N) is 1. The molecule has 0 aliphatic carbocycles. The molecule has 3 nitrogen and oxygen atoms in total. The van der Waals surface area contributed by atoms with Crippen LogP contribution >= 0.6 is 0 Å². The zero-order valence-corrected chi connectivity index (χ0v) is 7.97. The largest absolute Gasteiger partial charge is 0.313 e. The topological polar surface area (TPSA) is 32.3 Å². The molecule has 0 spiro atoms. The molecule has 1 aliphatic heterocycles. The molecule has 0 amide bonds. The van der Waals surface area contributed by atoms with Gasteiger partial charge in [0.25, 0.3) is 0 Å². The van der Waals surface area contributed by atoms with Gasteiger partial charge in [0.1, 0.15) is 5.78 Å². The van der Waals surface area contributed by atoms with E-state index < -0.39 is 0 Å². The summed E-state index contributed by atoms with van der Waals surface area (Å²) in [5.41, 5.74) is 0. The van der Waals surface area contributed by atoms with Crippen LogP contribution < -0.4 is 5.32 Å². The van der Waals surface area contributed by atoms with Gasteiger partial charge in [-0.1, -0.05) is 0 Å². The fraction of sp³-hybridized carbons (Fsp3) is 0.889. The third-order valence-corrected chi connectivity index (χ3v) is 2.12. The molecule has 0 bridgehead atoms. The number of hydrogen-bond donors (Lipinski definition) is 1. The highest BCUT2D eigenvalue weighted by Gasteiger charge is 2.14. The van der Waals surface area contributed by atoms with Crippen molar-refractivity contribution in [2.24, 2.45) is 0 Å². The van der Waals surface area contributed by atoms with Crippen molar-refractivity contribution in [2.45, 2.75) is 26.3 Å². The van der Waals surface area contributed by atoms with Gasteiger partial charge < -0.3 is 5.32 Å². The van der Waals surface area contributed by atoms with Crippen molar-refractivity contribution < 1.29 is 4.79 Å². The van der Waals surface area contributed by atoms with E-state index in [0.29, 0.717) is 12.6 Å². The first kappa shape index (κ1) is 9.68. The first-order valence-electron chi connectivity index (χ1n) is 4.63. The van der Waals surface area contributed by atoms with E-state index in [-0.39, 0.29) is 5.78 Å². The van der Waals surface area contributed by atoms with E-state index in [9.17, 15) is 4.79 Å². The smallest absolute Gasteiger partial charge is 0.143 e. The van der Waals surface area contributed by atoms with Crippen molar-refractivity contribution in [2.75, 3.05) is 26.2 Å². The van der Waals surface area contributed by atoms with Gasteiger partial charge in [0.05, 0.1) is 6.54 Å². The fourth-order valence-electron chi connectivity index (χ4n) is 1.65. The minimum absolute atomic E-state index is 0.268. The van der Waals surface area contributed by atoms with Gasteiger partial charge in [-0.2, -0.15) is 0 Å². The number of ketones is 1. The van der Waals surface area contributed by atoms with E-state index in [2.05, 4.69) is 17.1 Å². The Bertz CT molecular complexity index is 159. The number of carbonyl (C=O) groups is 1. The molecule has 1 fully saturated rings. The summed E-state index contributed by atoms with van der Waals surface area (Å²) in [7, 11) is 0. The third kappa shape index (κ3) is 3.32. The molecule has 1 rings (SSSR count). The van der Waals surface area contributed by atoms with Crippen molar-refractivity contribution in [1.29, 1.82) is 0 Å². The molecule has 0 aromatic carbocycles. The van der Waals surface area contributed by atoms with Crippen molar-refractivity contribution >= 4 is 5.78 Å².